The minimum Gasteiger partial charge on any atom is -0.388 e. The molecule has 5 heteroatoms. The van der Waals surface area contributed by atoms with Crippen LogP contribution in [-0.2, 0) is 0 Å². The average Bonchev–Trinajstić information content (AvgIpc) is 2.15. The molecule has 2 nitrogen and oxygen atoms in total. The first-order chi connectivity index (χ1) is 7.74. The molecule has 1 aromatic rings. The van der Waals surface area contributed by atoms with Gasteiger partial charge in [0.1, 0.15) is 0 Å². The Morgan fingerprint density at radius 3 is 2.12 bits per heavy atom. The molecular formula is C12H16Cl3NO. The predicted octanol–water partition coefficient (Wildman–Crippen LogP) is 4.47. The van der Waals surface area contributed by atoms with E-state index in [4.69, 9.17) is 34.8 Å². The molecule has 1 rings (SSSR count). The fourth-order valence-corrected chi connectivity index (χ4v) is 2.13. The van der Waals surface area contributed by atoms with Gasteiger partial charge in [-0.2, -0.15) is 0 Å². The molecule has 0 fully saturated rings. The number of hydrogen-bond donors (Lipinski definition) is 2. The van der Waals surface area contributed by atoms with Crippen molar-refractivity contribution in [2.75, 3.05) is 11.9 Å². The van der Waals surface area contributed by atoms with Gasteiger partial charge in [-0.15, -0.1) is 0 Å². The lowest BCUT2D eigenvalue weighted by atomic mass is 9.92. The zero-order valence-corrected chi connectivity index (χ0v) is 12.3. The van der Waals surface area contributed by atoms with Crippen LogP contribution in [0.5, 0.6) is 0 Å². The number of benzene rings is 1. The summed E-state index contributed by atoms with van der Waals surface area (Å²) in [6.45, 7) is 6.04. The Bertz CT molecular complexity index is 382. The topological polar surface area (TPSA) is 32.3 Å². The molecule has 96 valence electrons. The van der Waals surface area contributed by atoms with Crippen LogP contribution in [-0.4, -0.2) is 17.3 Å². The summed E-state index contributed by atoms with van der Waals surface area (Å²) in [4.78, 5) is 0. The first kappa shape index (κ1) is 14.9. The Morgan fingerprint density at radius 1 is 1.24 bits per heavy atom. The monoisotopic (exact) mass is 295 g/mol. The van der Waals surface area contributed by atoms with E-state index in [0.29, 0.717) is 27.3 Å². The lowest BCUT2D eigenvalue weighted by molar-refractivity contribution is 0.0266. The van der Waals surface area contributed by atoms with E-state index in [1.165, 1.54) is 0 Å². The summed E-state index contributed by atoms with van der Waals surface area (Å²) in [5.41, 5.74) is -0.231. The lowest BCUT2D eigenvalue weighted by Gasteiger charge is -2.28. The van der Waals surface area contributed by atoms with Gasteiger partial charge in [0.05, 0.1) is 21.3 Å². The summed E-state index contributed by atoms with van der Waals surface area (Å²) in [6.07, 6.45) is 0. The summed E-state index contributed by atoms with van der Waals surface area (Å²) in [5.74, 6) is 0.125. The van der Waals surface area contributed by atoms with E-state index in [2.05, 4.69) is 5.32 Å². The standard InChI is InChI=1S/C12H16Cl3NO/c1-7(2)12(3,17)6-16-11-9(14)4-8(13)5-10(11)15/h4-5,7,16-17H,6H2,1-3H3. The largest absolute Gasteiger partial charge is 0.388 e. The smallest absolute Gasteiger partial charge is 0.0814 e. The van der Waals surface area contributed by atoms with Crippen molar-refractivity contribution in [2.24, 2.45) is 5.92 Å². The van der Waals surface area contributed by atoms with Crippen molar-refractivity contribution < 1.29 is 5.11 Å². The highest BCUT2D eigenvalue weighted by atomic mass is 35.5. The third kappa shape index (κ3) is 3.92. The molecule has 1 aromatic carbocycles. The van der Waals surface area contributed by atoms with Crippen LogP contribution in [0.1, 0.15) is 20.8 Å². The van der Waals surface area contributed by atoms with Crippen molar-refractivity contribution in [3.05, 3.63) is 27.2 Å². The molecule has 0 aliphatic heterocycles. The molecule has 2 N–H and O–H groups in total. The number of halogens is 3. The van der Waals surface area contributed by atoms with E-state index in [-0.39, 0.29) is 5.92 Å². The minimum atomic E-state index is -0.827. The van der Waals surface area contributed by atoms with E-state index in [9.17, 15) is 5.11 Å². The Morgan fingerprint density at radius 2 is 1.71 bits per heavy atom. The Kier molecular flexibility index (Phi) is 4.96. The highest BCUT2D eigenvalue weighted by Crippen LogP contribution is 2.34. The highest BCUT2D eigenvalue weighted by molar-refractivity contribution is 6.41. The van der Waals surface area contributed by atoms with Crippen LogP contribution in [0.25, 0.3) is 0 Å². The molecular weight excluding hydrogens is 280 g/mol. The van der Waals surface area contributed by atoms with E-state index in [1.807, 2.05) is 13.8 Å². The molecule has 0 saturated heterocycles. The summed E-state index contributed by atoms with van der Waals surface area (Å²) in [6, 6.07) is 3.23. The number of hydrogen-bond acceptors (Lipinski definition) is 2. The fraction of sp³-hybridized carbons (Fsp3) is 0.500. The van der Waals surface area contributed by atoms with Crippen LogP contribution in [0.3, 0.4) is 0 Å². The van der Waals surface area contributed by atoms with Crippen LogP contribution >= 0.6 is 34.8 Å². The van der Waals surface area contributed by atoms with Crippen LogP contribution in [0.4, 0.5) is 5.69 Å². The van der Waals surface area contributed by atoms with Crippen molar-refractivity contribution in [1.29, 1.82) is 0 Å². The molecule has 1 atom stereocenters. The zero-order chi connectivity index (χ0) is 13.2. The maximum Gasteiger partial charge on any atom is 0.0814 e. The molecule has 0 heterocycles. The summed E-state index contributed by atoms with van der Waals surface area (Å²) < 4.78 is 0. The molecule has 0 aromatic heterocycles. The van der Waals surface area contributed by atoms with E-state index in [1.54, 1.807) is 19.1 Å². The fourth-order valence-electron chi connectivity index (χ4n) is 1.18. The number of aliphatic hydroxyl groups is 1. The highest BCUT2D eigenvalue weighted by Gasteiger charge is 2.25. The Balaban J connectivity index is 2.83. The van der Waals surface area contributed by atoms with Gasteiger partial charge >= 0.3 is 0 Å². The molecule has 0 radical (unpaired) electrons. The Labute approximate surface area is 117 Å². The van der Waals surface area contributed by atoms with Crippen molar-refractivity contribution in [2.45, 2.75) is 26.4 Å². The summed E-state index contributed by atoms with van der Waals surface area (Å²) in [5, 5.41) is 14.6. The number of anilines is 1. The maximum atomic E-state index is 10.1. The minimum absolute atomic E-state index is 0.125. The number of rotatable bonds is 4. The third-order valence-electron chi connectivity index (χ3n) is 2.87. The van der Waals surface area contributed by atoms with Crippen molar-refractivity contribution in [1.82, 2.24) is 0 Å². The van der Waals surface area contributed by atoms with Crippen LogP contribution in [0, 0.1) is 5.92 Å². The van der Waals surface area contributed by atoms with Gasteiger partial charge in [-0.1, -0.05) is 48.7 Å². The van der Waals surface area contributed by atoms with Crippen molar-refractivity contribution >= 4 is 40.5 Å². The van der Waals surface area contributed by atoms with Gasteiger partial charge in [-0.3, -0.25) is 0 Å². The second-order valence-electron chi connectivity index (χ2n) is 4.61. The van der Waals surface area contributed by atoms with Crippen molar-refractivity contribution in [3.63, 3.8) is 0 Å². The van der Waals surface area contributed by atoms with Gasteiger partial charge in [-0.05, 0) is 25.0 Å². The number of nitrogens with one attached hydrogen (secondary N) is 1. The first-order valence-electron chi connectivity index (χ1n) is 5.35. The molecule has 1 unspecified atom stereocenters. The second kappa shape index (κ2) is 5.66. The molecule has 0 spiro atoms. The van der Waals surface area contributed by atoms with Gasteiger partial charge in [0.15, 0.2) is 0 Å². The summed E-state index contributed by atoms with van der Waals surface area (Å²) >= 11 is 17.9. The van der Waals surface area contributed by atoms with Gasteiger partial charge in [0, 0.05) is 11.6 Å². The van der Waals surface area contributed by atoms with Crippen molar-refractivity contribution in [3.8, 4) is 0 Å². The third-order valence-corrected chi connectivity index (χ3v) is 3.69. The SMILES string of the molecule is CC(C)C(C)(O)CNc1c(Cl)cc(Cl)cc1Cl. The second-order valence-corrected chi connectivity index (χ2v) is 5.86. The average molecular weight is 297 g/mol. The normalized spacial score (nSPS) is 14.8. The molecule has 17 heavy (non-hydrogen) atoms. The van der Waals surface area contributed by atoms with E-state index < -0.39 is 5.60 Å². The van der Waals surface area contributed by atoms with Gasteiger partial charge in [0.25, 0.3) is 0 Å². The van der Waals surface area contributed by atoms with Crippen LogP contribution in [0.2, 0.25) is 15.1 Å². The maximum absolute atomic E-state index is 10.1. The van der Waals surface area contributed by atoms with Gasteiger partial charge in [0.2, 0.25) is 0 Å². The molecule has 0 bridgehead atoms. The molecule has 0 aliphatic carbocycles. The molecule has 0 saturated carbocycles. The van der Waals surface area contributed by atoms with Crippen LogP contribution < -0.4 is 5.32 Å². The Hall–Kier alpha value is -0.150. The van der Waals surface area contributed by atoms with Crippen LogP contribution in [0.15, 0.2) is 12.1 Å². The molecule has 0 amide bonds. The van der Waals surface area contributed by atoms with Gasteiger partial charge < -0.3 is 10.4 Å². The summed E-state index contributed by atoms with van der Waals surface area (Å²) in [7, 11) is 0. The molecule has 0 aliphatic rings. The van der Waals surface area contributed by atoms with E-state index >= 15 is 0 Å². The quantitative estimate of drug-likeness (QED) is 0.859. The van der Waals surface area contributed by atoms with Gasteiger partial charge in [-0.25, -0.2) is 0 Å². The zero-order valence-electron chi connectivity index (χ0n) is 10.0. The van der Waals surface area contributed by atoms with E-state index in [0.717, 1.165) is 0 Å². The first-order valence-corrected chi connectivity index (χ1v) is 6.48. The predicted molar refractivity (Wildman–Crippen MR) is 75.4 cm³/mol. The lowest BCUT2D eigenvalue weighted by Crippen LogP contribution is -2.38.